The molecule has 0 radical (unpaired) electrons. The molecule has 0 aliphatic heterocycles. The van der Waals surface area contributed by atoms with Crippen molar-refractivity contribution in [2.24, 2.45) is 11.3 Å². The average molecular weight is 309 g/mol. The SMILES string of the molecule is CCCc1nc(C(=O)O)c(C2CCC(C(C)(C)C)CC2)s1. The Morgan fingerprint density at radius 3 is 2.38 bits per heavy atom. The summed E-state index contributed by atoms with van der Waals surface area (Å²) in [7, 11) is 0. The van der Waals surface area contributed by atoms with Crippen LogP contribution in [-0.2, 0) is 6.42 Å². The van der Waals surface area contributed by atoms with E-state index in [2.05, 4.69) is 32.7 Å². The molecule has 0 aromatic carbocycles. The third-order valence-electron chi connectivity index (χ3n) is 4.69. The van der Waals surface area contributed by atoms with Crippen LogP contribution in [0.15, 0.2) is 0 Å². The van der Waals surface area contributed by atoms with E-state index in [4.69, 9.17) is 0 Å². The van der Waals surface area contributed by atoms with E-state index in [0.29, 0.717) is 17.0 Å². The van der Waals surface area contributed by atoms with Crippen LogP contribution >= 0.6 is 11.3 Å². The summed E-state index contributed by atoms with van der Waals surface area (Å²) in [6, 6.07) is 0. The maximum Gasteiger partial charge on any atom is 0.355 e. The predicted molar refractivity (Wildman–Crippen MR) is 87.2 cm³/mol. The van der Waals surface area contributed by atoms with Crippen molar-refractivity contribution in [2.75, 3.05) is 0 Å². The van der Waals surface area contributed by atoms with Crippen molar-refractivity contribution >= 4 is 17.3 Å². The van der Waals surface area contributed by atoms with Gasteiger partial charge >= 0.3 is 5.97 Å². The number of nitrogens with zero attached hydrogens (tertiary/aromatic N) is 1. The zero-order chi connectivity index (χ0) is 15.6. The fourth-order valence-corrected chi connectivity index (χ4v) is 4.68. The molecule has 2 rings (SSSR count). The fraction of sp³-hybridized carbons (Fsp3) is 0.765. The van der Waals surface area contributed by atoms with Gasteiger partial charge in [-0.3, -0.25) is 0 Å². The molecule has 1 saturated carbocycles. The Balaban J connectivity index is 2.14. The van der Waals surface area contributed by atoms with Crippen molar-refractivity contribution in [3.05, 3.63) is 15.6 Å². The number of thiazole rings is 1. The lowest BCUT2D eigenvalue weighted by atomic mass is 9.69. The van der Waals surface area contributed by atoms with E-state index in [9.17, 15) is 9.90 Å². The second kappa shape index (κ2) is 6.47. The molecule has 0 unspecified atom stereocenters. The summed E-state index contributed by atoms with van der Waals surface area (Å²) in [5, 5.41) is 10.4. The lowest BCUT2D eigenvalue weighted by molar-refractivity contribution is 0.0688. The van der Waals surface area contributed by atoms with E-state index in [1.54, 1.807) is 11.3 Å². The highest BCUT2D eigenvalue weighted by Gasteiger charge is 2.33. The molecular formula is C17H27NO2S. The van der Waals surface area contributed by atoms with Crippen molar-refractivity contribution in [3.63, 3.8) is 0 Å². The van der Waals surface area contributed by atoms with Gasteiger partial charge < -0.3 is 5.11 Å². The minimum atomic E-state index is -0.860. The predicted octanol–water partition coefficient (Wildman–Crippen LogP) is 5.11. The molecule has 1 aromatic heterocycles. The van der Waals surface area contributed by atoms with Gasteiger partial charge in [0.15, 0.2) is 5.69 Å². The Hall–Kier alpha value is -0.900. The molecule has 1 aliphatic carbocycles. The van der Waals surface area contributed by atoms with E-state index in [1.165, 1.54) is 12.8 Å². The molecule has 0 atom stereocenters. The number of carboxylic acid groups (broad SMARTS) is 1. The zero-order valence-electron chi connectivity index (χ0n) is 13.6. The summed E-state index contributed by atoms with van der Waals surface area (Å²) in [6.45, 7) is 9.04. The molecule has 21 heavy (non-hydrogen) atoms. The van der Waals surface area contributed by atoms with Gasteiger partial charge in [-0.15, -0.1) is 11.3 Å². The Morgan fingerprint density at radius 2 is 1.90 bits per heavy atom. The Labute approximate surface area is 131 Å². The van der Waals surface area contributed by atoms with Gasteiger partial charge in [0.1, 0.15) is 0 Å². The molecule has 0 amide bonds. The third-order valence-corrected chi connectivity index (χ3v) is 5.96. The number of hydrogen-bond donors (Lipinski definition) is 1. The van der Waals surface area contributed by atoms with Crippen molar-refractivity contribution in [1.29, 1.82) is 0 Å². The standard InChI is InChI=1S/C17H27NO2S/c1-5-6-13-18-14(16(19)20)15(21-13)11-7-9-12(10-8-11)17(2,3)4/h11-12H,5-10H2,1-4H3,(H,19,20). The summed E-state index contributed by atoms with van der Waals surface area (Å²) in [6.07, 6.45) is 6.53. The van der Waals surface area contributed by atoms with Gasteiger partial charge in [-0.2, -0.15) is 0 Å². The minimum Gasteiger partial charge on any atom is -0.476 e. The molecule has 3 nitrogen and oxygen atoms in total. The maximum absolute atomic E-state index is 11.4. The normalized spacial score (nSPS) is 23.2. The number of aromatic nitrogens is 1. The molecule has 4 heteroatoms. The van der Waals surface area contributed by atoms with Crippen molar-refractivity contribution in [3.8, 4) is 0 Å². The molecule has 1 heterocycles. The summed E-state index contributed by atoms with van der Waals surface area (Å²) in [4.78, 5) is 16.8. The van der Waals surface area contributed by atoms with Crippen LogP contribution in [0, 0.1) is 11.3 Å². The molecule has 1 aromatic rings. The summed E-state index contributed by atoms with van der Waals surface area (Å²) in [5.74, 6) is 0.296. The molecule has 1 N–H and O–H groups in total. The number of aromatic carboxylic acids is 1. The van der Waals surface area contributed by atoms with Crippen LogP contribution in [0.25, 0.3) is 0 Å². The second-order valence-electron chi connectivity index (χ2n) is 7.29. The first kappa shape index (κ1) is 16.5. The highest BCUT2D eigenvalue weighted by atomic mass is 32.1. The van der Waals surface area contributed by atoms with Crippen LogP contribution in [0.4, 0.5) is 0 Å². The zero-order valence-corrected chi connectivity index (χ0v) is 14.4. The summed E-state index contributed by atoms with van der Waals surface area (Å²) >= 11 is 1.64. The number of carboxylic acids is 1. The number of hydrogen-bond acceptors (Lipinski definition) is 3. The smallest absolute Gasteiger partial charge is 0.355 e. The van der Waals surface area contributed by atoms with Crippen LogP contribution < -0.4 is 0 Å². The topological polar surface area (TPSA) is 50.2 Å². The minimum absolute atomic E-state index is 0.322. The van der Waals surface area contributed by atoms with E-state index in [1.807, 2.05) is 0 Å². The van der Waals surface area contributed by atoms with Crippen molar-refractivity contribution in [1.82, 2.24) is 4.98 Å². The van der Waals surface area contributed by atoms with Gasteiger partial charge in [-0.1, -0.05) is 27.7 Å². The molecule has 1 aliphatic rings. The first-order chi connectivity index (χ1) is 9.82. The lowest BCUT2D eigenvalue weighted by Gasteiger charge is -2.36. The van der Waals surface area contributed by atoms with E-state index in [-0.39, 0.29) is 0 Å². The molecule has 0 bridgehead atoms. The number of aryl methyl sites for hydroxylation is 1. The molecule has 1 fully saturated rings. The average Bonchev–Trinajstić information content (AvgIpc) is 2.82. The van der Waals surface area contributed by atoms with Gasteiger partial charge in [-0.05, 0) is 55.8 Å². The Kier molecular flexibility index (Phi) is 5.07. The monoisotopic (exact) mass is 309 g/mol. The fourth-order valence-electron chi connectivity index (χ4n) is 3.35. The van der Waals surface area contributed by atoms with E-state index >= 15 is 0 Å². The van der Waals surface area contributed by atoms with Crippen LogP contribution in [0.5, 0.6) is 0 Å². The van der Waals surface area contributed by atoms with Crippen molar-refractivity contribution in [2.45, 2.75) is 72.1 Å². The van der Waals surface area contributed by atoms with Crippen LogP contribution in [0.2, 0.25) is 0 Å². The maximum atomic E-state index is 11.4. The summed E-state index contributed by atoms with van der Waals surface area (Å²) in [5.41, 5.74) is 0.685. The Morgan fingerprint density at radius 1 is 1.29 bits per heavy atom. The van der Waals surface area contributed by atoms with Gasteiger partial charge in [0.05, 0.1) is 5.01 Å². The van der Waals surface area contributed by atoms with Gasteiger partial charge in [0.25, 0.3) is 0 Å². The first-order valence-corrected chi connectivity index (χ1v) is 8.87. The van der Waals surface area contributed by atoms with Gasteiger partial charge in [0.2, 0.25) is 0 Å². The molecule has 0 spiro atoms. The Bertz CT molecular complexity index is 493. The van der Waals surface area contributed by atoms with Crippen LogP contribution in [0.1, 0.15) is 86.1 Å². The molecule has 118 valence electrons. The third kappa shape index (κ3) is 3.85. The number of carbonyl (C=O) groups is 1. The second-order valence-corrected chi connectivity index (χ2v) is 8.41. The quantitative estimate of drug-likeness (QED) is 0.840. The largest absolute Gasteiger partial charge is 0.476 e. The van der Waals surface area contributed by atoms with E-state index in [0.717, 1.165) is 41.5 Å². The summed E-state index contributed by atoms with van der Waals surface area (Å²) < 4.78 is 0. The van der Waals surface area contributed by atoms with Gasteiger partial charge in [-0.25, -0.2) is 9.78 Å². The first-order valence-electron chi connectivity index (χ1n) is 8.05. The van der Waals surface area contributed by atoms with Gasteiger partial charge in [0, 0.05) is 4.88 Å². The lowest BCUT2D eigenvalue weighted by Crippen LogP contribution is -2.25. The van der Waals surface area contributed by atoms with Crippen LogP contribution in [-0.4, -0.2) is 16.1 Å². The van der Waals surface area contributed by atoms with Crippen LogP contribution in [0.3, 0.4) is 0 Å². The molecular weight excluding hydrogens is 282 g/mol. The molecule has 0 saturated heterocycles. The highest BCUT2D eigenvalue weighted by Crippen LogP contribution is 2.45. The van der Waals surface area contributed by atoms with Crippen molar-refractivity contribution < 1.29 is 9.90 Å². The number of rotatable bonds is 4. The highest BCUT2D eigenvalue weighted by molar-refractivity contribution is 7.12. The van der Waals surface area contributed by atoms with E-state index < -0.39 is 5.97 Å².